The smallest absolute Gasteiger partial charge is 0.264 e. The summed E-state index contributed by atoms with van der Waals surface area (Å²) in [5, 5.41) is 4.02. The number of benzene rings is 1. The molecule has 3 rings (SSSR count). The van der Waals surface area contributed by atoms with E-state index in [2.05, 4.69) is 21.8 Å². The first-order valence-electron chi connectivity index (χ1n) is 6.86. The summed E-state index contributed by atoms with van der Waals surface area (Å²) in [4.78, 5) is 17.1. The van der Waals surface area contributed by atoms with Crippen LogP contribution in [0.3, 0.4) is 0 Å². The summed E-state index contributed by atoms with van der Waals surface area (Å²) in [6.45, 7) is 2.93. The Kier molecular flexibility index (Phi) is 4.36. The fourth-order valence-corrected chi connectivity index (χ4v) is 3.05. The van der Waals surface area contributed by atoms with Crippen molar-refractivity contribution in [3.05, 3.63) is 58.2 Å². The van der Waals surface area contributed by atoms with Crippen molar-refractivity contribution < 1.29 is 4.79 Å². The molecule has 112 valence electrons. The highest BCUT2D eigenvalue weighted by molar-refractivity contribution is 8.18. The van der Waals surface area contributed by atoms with E-state index in [1.54, 1.807) is 12.1 Å². The van der Waals surface area contributed by atoms with Crippen molar-refractivity contribution in [3.63, 3.8) is 0 Å². The fraction of sp³-hybridized carbons (Fsp3) is 0.125. The second-order valence-electron chi connectivity index (χ2n) is 4.68. The van der Waals surface area contributed by atoms with Crippen molar-refractivity contribution in [3.8, 4) is 0 Å². The van der Waals surface area contributed by atoms with Gasteiger partial charge in [0.25, 0.3) is 5.91 Å². The van der Waals surface area contributed by atoms with Crippen molar-refractivity contribution in [2.45, 2.75) is 13.5 Å². The summed E-state index contributed by atoms with van der Waals surface area (Å²) in [5.74, 6) is -0.124. The summed E-state index contributed by atoms with van der Waals surface area (Å²) in [7, 11) is 0. The van der Waals surface area contributed by atoms with E-state index in [1.807, 2.05) is 36.5 Å². The van der Waals surface area contributed by atoms with Gasteiger partial charge in [-0.2, -0.15) is 0 Å². The molecule has 0 saturated carbocycles. The average molecular weight is 332 g/mol. The molecule has 0 aliphatic carbocycles. The minimum atomic E-state index is -0.124. The van der Waals surface area contributed by atoms with Crippen LogP contribution in [-0.2, 0) is 11.3 Å². The van der Waals surface area contributed by atoms with E-state index in [0.717, 1.165) is 17.9 Å². The van der Waals surface area contributed by atoms with Gasteiger partial charge in [0.2, 0.25) is 0 Å². The SMILES string of the molecule is CCn1cccc1/C=C1\SC(=Nc2ccc(Cl)cc2)NC1=O. The minimum absolute atomic E-state index is 0.124. The number of thioether (sulfide) groups is 1. The molecule has 1 saturated heterocycles. The second-order valence-corrected chi connectivity index (χ2v) is 6.14. The molecule has 22 heavy (non-hydrogen) atoms. The zero-order chi connectivity index (χ0) is 15.5. The topological polar surface area (TPSA) is 46.4 Å². The molecule has 0 atom stereocenters. The maximum atomic E-state index is 12.0. The van der Waals surface area contributed by atoms with E-state index in [0.29, 0.717) is 15.1 Å². The molecule has 1 aliphatic heterocycles. The van der Waals surface area contributed by atoms with Gasteiger partial charge in [-0.25, -0.2) is 4.99 Å². The quantitative estimate of drug-likeness (QED) is 0.862. The highest BCUT2D eigenvalue weighted by Gasteiger charge is 2.24. The van der Waals surface area contributed by atoms with Crippen LogP contribution in [0, 0.1) is 0 Å². The zero-order valence-corrected chi connectivity index (χ0v) is 13.5. The van der Waals surface area contributed by atoms with Gasteiger partial charge < -0.3 is 9.88 Å². The molecule has 1 fully saturated rings. The Morgan fingerprint density at radius 3 is 2.82 bits per heavy atom. The fourth-order valence-electron chi connectivity index (χ4n) is 2.09. The van der Waals surface area contributed by atoms with Crippen molar-refractivity contribution in [2.24, 2.45) is 4.99 Å². The number of aromatic nitrogens is 1. The average Bonchev–Trinajstić information content (AvgIpc) is 3.09. The van der Waals surface area contributed by atoms with Gasteiger partial charge in [-0.05, 0) is 61.2 Å². The number of nitrogens with zero attached hydrogens (tertiary/aromatic N) is 2. The van der Waals surface area contributed by atoms with Crippen molar-refractivity contribution in [1.29, 1.82) is 0 Å². The molecule has 1 aliphatic rings. The standard InChI is InChI=1S/C16H14ClN3OS/c1-2-20-9-3-4-13(20)10-14-15(21)19-16(22-14)18-12-7-5-11(17)6-8-12/h3-10H,2H2,1H3,(H,18,19,21)/b14-10-. The minimum Gasteiger partial charge on any atom is -0.348 e. The third-order valence-electron chi connectivity index (χ3n) is 3.19. The first-order valence-corrected chi connectivity index (χ1v) is 8.05. The van der Waals surface area contributed by atoms with E-state index in [1.165, 1.54) is 11.8 Å². The number of carbonyl (C=O) groups is 1. The lowest BCUT2D eigenvalue weighted by Gasteiger charge is -2.01. The van der Waals surface area contributed by atoms with Gasteiger partial charge in [0.15, 0.2) is 5.17 Å². The number of aliphatic imine (C=N–C) groups is 1. The van der Waals surface area contributed by atoms with Crippen molar-refractivity contribution in [1.82, 2.24) is 9.88 Å². The Hall–Kier alpha value is -1.98. The monoisotopic (exact) mass is 331 g/mol. The molecule has 1 aromatic carbocycles. The molecule has 2 heterocycles. The predicted octanol–water partition coefficient (Wildman–Crippen LogP) is 4.05. The van der Waals surface area contributed by atoms with Gasteiger partial charge in [-0.15, -0.1) is 0 Å². The molecule has 1 aromatic heterocycles. The maximum absolute atomic E-state index is 12.0. The van der Waals surface area contributed by atoms with Gasteiger partial charge in [0.05, 0.1) is 10.6 Å². The Morgan fingerprint density at radius 1 is 1.32 bits per heavy atom. The molecule has 1 N–H and O–H groups in total. The third-order valence-corrected chi connectivity index (χ3v) is 4.35. The number of amides is 1. The summed E-state index contributed by atoms with van der Waals surface area (Å²) in [6.07, 6.45) is 3.88. The maximum Gasteiger partial charge on any atom is 0.264 e. The molecule has 0 radical (unpaired) electrons. The highest BCUT2D eigenvalue weighted by atomic mass is 35.5. The normalized spacial score (nSPS) is 18.2. The number of carbonyl (C=O) groups excluding carboxylic acids is 1. The van der Waals surface area contributed by atoms with Crippen LogP contribution in [0.25, 0.3) is 6.08 Å². The van der Waals surface area contributed by atoms with E-state index in [-0.39, 0.29) is 5.91 Å². The largest absolute Gasteiger partial charge is 0.348 e. The van der Waals surface area contributed by atoms with Crippen LogP contribution in [0.15, 0.2) is 52.5 Å². The third kappa shape index (κ3) is 3.26. The van der Waals surface area contributed by atoms with Crippen molar-refractivity contribution >= 4 is 46.2 Å². The Balaban J connectivity index is 1.82. The molecular formula is C16H14ClN3OS. The van der Waals surface area contributed by atoms with Crippen LogP contribution >= 0.6 is 23.4 Å². The van der Waals surface area contributed by atoms with Crippen LogP contribution < -0.4 is 5.32 Å². The molecule has 6 heteroatoms. The Bertz CT molecular complexity index is 762. The van der Waals surface area contributed by atoms with Gasteiger partial charge in [0.1, 0.15) is 0 Å². The van der Waals surface area contributed by atoms with Crippen LogP contribution in [0.4, 0.5) is 5.69 Å². The van der Waals surface area contributed by atoms with Crippen LogP contribution in [0.5, 0.6) is 0 Å². The number of aryl methyl sites for hydroxylation is 1. The van der Waals surface area contributed by atoms with Crippen LogP contribution in [0.2, 0.25) is 5.02 Å². The molecule has 0 unspecified atom stereocenters. The Morgan fingerprint density at radius 2 is 2.09 bits per heavy atom. The van der Waals surface area contributed by atoms with Gasteiger partial charge in [-0.1, -0.05) is 11.6 Å². The number of nitrogens with one attached hydrogen (secondary N) is 1. The summed E-state index contributed by atoms with van der Waals surface area (Å²) >= 11 is 7.19. The van der Waals surface area contributed by atoms with Gasteiger partial charge in [0, 0.05) is 23.5 Å². The van der Waals surface area contributed by atoms with Crippen LogP contribution in [0.1, 0.15) is 12.6 Å². The molecular weight excluding hydrogens is 318 g/mol. The highest BCUT2D eigenvalue weighted by Crippen LogP contribution is 2.28. The van der Waals surface area contributed by atoms with E-state index in [4.69, 9.17) is 11.6 Å². The summed E-state index contributed by atoms with van der Waals surface area (Å²) in [5.41, 5.74) is 1.76. The van der Waals surface area contributed by atoms with Gasteiger partial charge in [-0.3, -0.25) is 4.79 Å². The van der Waals surface area contributed by atoms with Gasteiger partial charge >= 0.3 is 0 Å². The lowest BCUT2D eigenvalue weighted by atomic mass is 10.3. The lowest BCUT2D eigenvalue weighted by molar-refractivity contribution is -0.115. The summed E-state index contributed by atoms with van der Waals surface area (Å²) < 4.78 is 2.08. The molecule has 2 aromatic rings. The molecule has 1 amide bonds. The number of halogens is 1. The van der Waals surface area contributed by atoms with E-state index >= 15 is 0 Å². The van der Waals surface area contributed by atoms with Crippen molar-refractivity contribution in [2.75, 3.05) is 0 Å². The molecule has 0 spiro atoms. The summed E-state index contributed by atoms with van der Waals surface area (Å²) in [6, 6.07) is 11.1. The number of amidine groups is 1. The first kappa shape index (κ1) is 14.9. The Labute approximate surface area is 137 Å². The second kappa shape index (κ2) is 6.42. The number of rotatable bonds is 3. The zero-order valence-electron chi connectivity index (χ0n) is 11.9. The molecule has 0 bridgehead atoms. The molecule has 4 nitrogen and oxygen atoms in total. The van der Waals surface area contributed by atoms with Crippen LogP contribution in [-0.4, -0.2) is 15.6 Å². The first-order chi connectivity index (χ1) is 10.7. The van der Waals surface area contributed by atoms with E-state index in [9.17, 15) is 4.79 Å². The van der Waals surface area contributed by atoms with E-state index < -0.39 is 0 Å². The number of hydrogen-bond acceptors (Lipinski definition) is 3. The predicted molar refractivity (Wildman–Crippen MR) is 92.4 cm³/mol. The lowest BCUT2D eigenvalue weighted by Crippen LogP contribution is -2.19. The number of hydrogen-bond donors (Lipinski definition) is 1.